The minimum absolute atomic E-state index is 0.0644. The summed E-state index contributed by atoms with van der Waals surface area (Å²) in [4.78, 5) is 31.4. The van der Waals surface area contributed by atoms with Gasteiger partial charge in [-0.2, -0.15) is 0 Å². The summed E-state index contributed by atoms with van der Waals surface area (Å²) < 4.78 is 1.05. The molecule has 3 amide bonds. The Bertz CT molecular complexity index is 1030. The summed E-state index contributed by atoms with van der Waals surface area (Å²) in [5.74, 6) is -0.277. The van der Waals surface area contributed by atoms with Crippen LogP contribution < -0.4 is 10.6 Å². The van der Waals surface area contributed by atoms with Crippen molar-refractivity contribution in [1.82, 2.24) is 15.2 Å². The van der Waals surface area contributed by atoms with E-state index in [1.54, 1.807) is 4.90 Å². The number of urea groups is 1. The zero-order chi connectivity index (χ0) is 19.7. The lowest BCUT2D eigenvalue weighted by Gasteiger charge is -2.32. The first-order valence-corrected chi connectivity index (χ1v) is 10.5. The monoisotopic (exact) mass is 396 g/mol. The first kappa shape index (κ1) is 18.7. The normalized spacial score (nSPS) is 17.2. The van der Waals surface area contributed by atoms with Crippen LogP contribution in [0.25, 0.3) is 21.0 Å². The number of hydrogen-bond acceptors (Lipinski definition) is 4. The Kier molecular flexibility index (Phi) is 5.17. The number of amides is 3. The van der Waals surface area contributed by atoms with Gasteiger partial charge in [0.2, 0.25) is 5.91 Å². The highest BCUT2D eigenvalue weighted by Crippen LogP contribution is 2.32. The van der Waals surface area contributed by atoms with Crippen molar-refractivity contribution in [1.29, 1.82) is 0 Å². The van der Waals surface area contributed by atoms with Crippen molar-refractivity contribution in [3.05, 3.63) is 36.4 Å². The topological polar surface area (TPSA) is 74.3 Å². The molecule has 7 heteroatoms. The highest BCUT2D eigenvalue weighted by molar-refractivity contribution is 7.22. The Balaban J connectivity index is 1.48. The van der Waals surface area contributed by atoms with Crippen molar-refractivity contribution in [2.75, 3.05) is 18.4 Å². The number of piperidine rings is 1. The lowest BCUT2D eigenvalue weighted by atomic mass is 9.97. The van der Waals surface area contributed by atoms with Gasteiger partial charge in [0.05, 0.1) is 16.1 Å². The maximum Gasteiger partial charge on any atom is 0.317 e. The van der Waals surface area contributed by atoms with Crippen molar-refractivity contribution in [3.63, 3.8) is 0 Å². The number of likely N-dealkylation sites (tertiary alicyclic amines) is 1. The molecule has 0 radical (unpaired) electrons. The molecular formula is C21H24N4O2S. The number of thiazole rings is 1. The van der Waals surface area contributed by atoms with E-state index in [-0.39, 0.29) is 23.9 Å². The van der Waals surface area contributed by atoms with E-state index in [1.807, 2.05) is 32.0 Å². The Morgan fingerprint density at radius 2 is 2.04 bits per heavy atom. The fourth-order valence-electron chi connectivity index (χ4n) is 3.64. The van der Waals surface area contributed by atoms with Crippen LogP contribution in [0.4, 0.5) is 9.93 Å². The molecule has 6 nitrogen and oxygen atoms in total. The van der Waals surface area contributed by atoms with Gasteiger partial charge in [-0.1, -0.05) is 41.7 Å². The SMILES string of the molecule is CC(C)NC(=O)N1CCC[C@@H](C(=O)Nc2nc3c(ccc4ccccc43)s2)C1. The van der Waals surface area contributed by atoms with Gasteiger partial charge in [0.1, 0.15) is 0 Å². The van der Waals surface area contributed by atoms with Gasteiger partial charge < -0.3 is 15.5 Å². The minimum atomic E-state index is -0.213. The zero-order valence-corrected chi connectivity index (χ0v) is 16.9. The number of anilines is 1. The molecule has 0 unspecified atom stereocenters. The standard InChI is InChI=1S/C21H24N4O2S/c1-13(2)22-21(27)25-11-5-7-15(12-25)19(26)24-20-23-18-16-8-4-3-6-14(16)9-10-17(18)28-20/h3-4,6,8-10,13,15H,5,7,11-12H2,1-2H3,(H,22,27)(H,23,24,26)/t15-/m1/s1. The second-order valence-corrected chi connectivity index (χ2v) is 8.56. The second kappa shape index (κ2) is 7.75. The highest BCUT2D eigenvalue weighted by Gasteiger charge is 2.29. The number of carbonyl (C=O) groups excluding carboxylic acids is 2. The molecular weight excluding hydrogens is 372 g/mol. The van der Waals surface area contributed by atoms with Crippen LogP contribution in [-0.4, -0.2) is 41.0 Å². The summed E-state index contributed by atoms with van der Waals surface area (Å²) in [6.07, 6.45) is 1.61. The van der Waals surface area contributed by atoms with Gasteiger partial charge in [0.25, 0.3) is 0 Å². The molecule has 2 heterocycles. The molecule has 0 bridgehead atoms. The van der Waals surface area contributed by atoms with Gasteiger partial charge in [-0.05, 0) is 38.1 Å². The molecule has 0 aliphatic carbocycles. The van der Waals surface area contributed by atoms with Crippen LogP contribution in [0.2, 0.25) is 0 Å². The first-order chi connectivity index (χ1) is 13.5. The molecule has 2 aromatic carbocycles. The van der Waals surface area contributed by atoms with Crippen LogP contribution in [-0.2, 0) is 4.79 Å². The fourth-order valence-corrected chi connectivity index (χ4v) is 4.52. The van der Waals surface area contributed by atoms with Crippen molar-refractivity contribution >= 4 is 49.4 Å². The molecule has 0 spiro atoms. The molecule has 1 aromatic heterocycles. The Hall–Kier alpha value is -2.67. The second-order valence-electron chi connectivity index (χ2n) is 7.53. The zero-order valence-electron chi connectivity index (χ0n) is 16.1. The van der Waals surface area contributed by atoms with Gasteiger partial charge in [-0.25, -0.2) is 9.78 Å². The van der Waals surface area contributed by atoms with E-state index in [9.17, 15) is 9.59 Å². The first-order valence-electron chi connectivity index (χ1n) is 9.66. The number of carbonyl (C=O) groups is 2. The summed E-state index contributed by atoms with van der Waals surface area (Å²) in [6, 6.07) is 12.2. The number of nitrogens with zero attached hydrogens (tertiary/aromatic N) is 2. The maximum absolute atomic E-state index is 12.8. The molecule has 0 saturated carbocycles. The third-order valence-corrected chi connectivity index (χ3v) is 5.94. The molecule has 1 fully saturated rings. The van der Waals surface area contributed by atoms with E-state index < -0.39 is 0 Å². The fraction of sp³-hybridized carbons (Fsp3) is 0.381. The van der Waals surface area contributed by atoms with Gasteiger partial charge in [-0.3, -0.25) is 4.79 Å². The van der Waals surface area contributed by atoms with Crippen LogP contribution in [0.15, 0.2) is 36.4 Å². The summed E-state index contributed by atoms with van der Waals surface area (Å²) in [5.41, 5.74) is 0.917. The molecule has 1 atom stereocenters. The van der Waals surface area contributed by atoms with Gasteiger partial charge in [0, 0.05) is 24.5 Å². The van der Waals surface area contributed by atoms with Crippen LogP contribution in [0, 0.1) is 5.92 Å². The molecule has 1 aliphatic rings. The van der Waals surface area contributed by atoms with Crippen LogP contribution in [0.5, 0.6) is 0 Å². The van der Waals surface area contributed by atoms with E-state index >= 15 is 0 Å². The molecule has 1 aliphatic heterocycles. The number of rotatable bonds is 3. The number of benzene rings is 2. The third kappa shape index (κ3) is 3.80. The van der Waals surface area contributed by atoms with Crippen LogP contribution in [0.3, 0.4) is 0 Å². The van der Waals surface area contributed by atoms with Gasteiger partial charge in [0.15, 0.2) is 5.13 Å². The average Bonchev–Trinajstić information content (AvgIpc) is 3.10. The van der Waals surface area contributed by atoms with E-state index in [4.69, 9.17) is 0 Å². The lowest BCUT2D eigenvalue weighted by Crippen LogP contribution is -2.49. The van der Waals surface area contributed by atoms with Gasteiger partial charge in [-0.15, -0.1) is 0 Å². The quantitative estimate of drug-likeness (QED) is 0.696. The molecule has 146 valence electrons. The predicted octanol–water partition coefficient (Wildman–Crippen LogP) is 4.22. The maximum atomic E-state index is 12.8. The summed E-state index contributed by atoms with van der Waals surface area (Å²) in [5, 5.41) is 8.71. The molecule has 2 N–H and O–H groups in total. The lowest BCUT2D eigenvalue weighted by molar-refractivity contribution is -0.121. The summed E-state index contributed by atoms with van der Waals surface area (Å²) in [7, 11) is 0. The number of hydrogen-bond donors (Lipinski definition) is 2. The van der Waals surface area contributed by atoms with Crippen molar-refractivity contribution < 1.29 is 9.59 Å². The number of aromatic nitrogens is 1. The van der Waals surface area contributed by atoms with Gasteiger partial charge >= 0.3 is 6.03 Å². The summed E-state index contributed by atoms with van der Waals surface area (Å²) in [6.45, 7) is 5.00. The van der Waals surface area contributed by atoms with Crippen molar-refractivity contribution in [2.24, 2.45) is 5.92 Å². The Labute approximate surface area is 167 Å². The molecule has 3 aromatic rings. The highest BCUT2D eigenvalue weighted by atomic mass is 32.1. The van der Waals surface area contributed by atoms with Crippen LogP contribution in [0.1, 0.15) is 26.7 Å². The predicted molar refractivity (Wildman–Crippen MR) is 114 cm³/mol. The van der Waals surface area contributed by atoms with E-state index in [0.717, 1.165) is 33.8 Å². The minimum Gasteiger partial charge on any atom is -0.336 e. The van der Waals surface area contributed by atoms with E-state index in [2.05, 4.69) is 33.8 Å². The average molecular weight is 397 g/mol. The Morgan fingerprint density at radius 3 is 2.86 bits per heavy atom. The van der Waals surface area contributed by atoms with Crippen LogP contribution >= 0.6 is 11.3 Å². The molecule has 28 heavy (non-hydrogen) atoms. The largest absolute Gasteiger partial charge is 0.336 e. The smallest absolute Gasteiger partial charge is 0.317 e. The number of fused-ring (bicyclic) bond motifs is 3. The summed E-state index contributed by atoms with van der Waals surface area (Å²) >= 11 is 1.48. The molecule has 4 rings (SSSR count). The van der Waals surface area contributed by atoms with E-state index in [0.29, 0.717) is 18.2 Å². The van der Waals surface area contributed by atoms with Crippen molar-refractivity contribution in [2.45, 2.75) is 32.7 Å². The van der Waals surface area contributed by atoms with E-state index in [1.165, 1.54) is 11.3 Å². The van der Waals surface area contributed by atoms with Crippen molar-refractivity contribution in [3.8, 4) is 0 Å². The third-order valence-electron chi connectivity index (χ3n) is 5.01. The number of nitrogens with one attached hydrogen (secondary N) is 2. The molecule has 1 saturated heterocycles. The Morgan fingerprint density at radius 1 is 1.21 bits per heavy atom.